The Labute approximate surface area is 140 Å². The number of hydrogen-bond acceptors (Lipinski definition) is 5. The molecule has 3 heterocycles. The summed E-state index contributed by atoms with van der Waals surface area (Å²) in [5, 5.41) is 8.41. The molecule has 0 aliphatic carbocycles. The van der Waals surface area contributed by atoms with Crippen LogP contribution in [0.2, 0.25) is 0 Å². The van der Waals surface area contributed by atoms with Crippen molar-refractivity contribution in [2.75, 3.05) is 13.1 Å². The Morgan fingerprint density at radius 2 is 2.26 bits per heavy atom. The zero-order valence-electron chi connectivity index (χ0n) is 13.2. The van der Waals surface area contributed by atoms with Crippen LogP contribution >= 0.6 is 11.3 Å². The number of amides is 2. The molecule has 0 radical (unpaired) electrons. The Kier molecular flexibility index (Phi) is 5.30. The van der Waals surface area contributed by atoms with Crippen molar-refractivity contribution in [2.24, 2.45) is 5.73 Å². The minimum atomic E-state index is -0.374. The zero-order chi connectivity index (χ0) is 16.2. The van der Waals surface area contributed by atoms with Crippen molar-refractivity contribution in [2.45, 2.75) is 50.4 Å². The number of thiophene rings is 1. The maximum atomic E-state index is 12.6. The minimum Gasteiger partial charge on any atom is -0.343 e. The molecule has 126 valence electrons. The van der Waals surface area contributed by atoms with Gasteiger partial charge in [-0.15, -0.1) is 11.3 Å². The van der Waals surface area contributed by atoms with E-state index in [4.69, 9.17) is 5.73 Å². The number of hydrogen-bond donors (Lipinski definition) is 3. The van der Waals surface area contributed by atoms with Crippen molar-refractivity contribution in [1.29, 1.82) is 0 Å². The number of carbonyl (C=O) groups excluding carboxylic acids is 2. The number of fused-ring (bicyclic) bond motifs is 1. The van der Waals surface area contributed by atoms with Crippen LogP contribution in [-0.2, 0) is 16.1 Å². The van der Waals surface area contributed by atoms with Gasteiger partial charge in [-0.2, -0.15) is 0 Å². The second kappa shape index (κ2) is 7.42. The molecule has 1 aromatic rings. The molecule has 0 spiro atoms. The molecule has 1 aromatic heterocycles. The molecule has 2 saturated heterocycles. The third-order valence-electron chi connectivity index (χ3n) is 4.59. The average molecular weight is 336 g/mol. The predicted molar refractivity (Wildman–Crippen MR) is 89.9 cm³/mol. The molecule has 0 bridgehead atoms. The summed E-state index contributed by atoms with van der Waals surface area (Å²) >= 11 is 1.71. The van der Waals surface area contributed by atoms with Gasteiger partial charge in [0.1, 0.15) is 12.1 Å². The smallest absolute Gasteiger partial charge is 0.245 e. The van der Waals surface area contributed by atoms with E-state index >= 15 is 0 Å². The largest absolute Gasteiger partial charge is 0.343 e. The van der Waals surface area contributed by atoms with Crippen molar-refractivity contribution in [1.82, 2.24) is 15.5 Å². The number of piperazine rings is 1. The van der Waals surface area contributed by atoms with E-state index in [1.165, 1.54) is 4.88 Å². The van der Waals surface area contributed by atoms with Crippen LogP contribution < -0.4 is 16.4 Å². The van der Waals surface area contributed by atoms with E-state index in [0.29, 0.717) is 25.9 Å². The summed E-state index contributed by atoms with van der Waals surface area (Å²) in [4.78, 5) is 27.9. The predicted octanol–water partition coefficient (Wildman–Crippen LogP) is 0.435. The van der Waals surface area contributed by atoms with Gasteiger partial charge in [-0.3, -0.25) is 9.59 Å². The molecule has 0 saturated carbocycles. The van der Waals surface area contributed by atoms with E-state index in [0.717, 1.165) is 19.4 Å². The van der Waals surface area contributed by atoms with Crippen LogP contribution in [0.15, 0.2) is 17.5 Å². The molecule has 4 N–H and O–H groups in total. The van der Waals surface area contributed by atoms with Crippen LogP contribution in [0.3, 0.4) is 0 Å². The van der Waals surface area contributed by atoms with Crippen molar-refractivity contribution in [3.63, 3.8) is 0 Å². The Hall–Kier alpha value is -1.44. The van der Waals surface area contributed by atoms with Crippen LogP contribution in [0.4, 0.5) is 0 Å². The van der Waals surface area contributed by atoms with Gasteiger partial charge >= 0.3 is 0 Å². The van der Waals surface area contributed by atoms with Crippen LogP contribution in [0.5, 0.6) is 0 Å². The highest BCUT2D eigenvalue weighted by Crippen LogP contribution is 2.24. The molecule has 2 aliphatic heterocycles. The molecule has 0 aromatic carbocycles. The number of carbonyl (C=O) groups is 2. The van der Waals surface area contributed by atoms with E-state index in [9.17, 15) is 9.59 Å². The average Bonchev–Trinajstić information content (AvgIpc) is 3.19. The Morgan fingerprint density at radius 3 is 3.00 bits per heavy atom. The standard InChI is InChI=1S/C16H24N4O2S/c17-6-2-1-5-13-16(22)20-10-11(8-14(20)15(21)19-13)18-9-12-4-3-7-23-12/h3-4,7,11,13-14,18H,1-2,5-6,8-10,17H2,(H,19,21)/t11-,13-,14-/m0/s1. The first-order valence-electron chi connectivity index (χ1n) is 8.25. The van der Waals surface area contributed by atoms with E-state index < -0.39 is 0 Å². The lowest BCUT2D eigenvalue weighted by molar-refractivity contribution is -0.147. The highest BCUT2D eigenvalue weighted by Gasteiger charge is 2.45. The van der Waals surface area contributed by atoms with Gasteiger partial charge in [-0.05, 0) is 43.7 Å². The monoisotopic (exact) mass is 336 g/mol. The van der Waals surface area contributed by atoms with Crippen LogP contribution in [-0.4, -0.2) is 47.9 Å². The lowest BCUT2D eigenvalue weighted by atomic mass is 10.0. The molecule has 2 aliphatic rings. The Balaban J connectivity index is 1.55. The summed E-state index contributed by atoms with van der Waals surface area (Å²) < 4.78 is 0. The SMILES string of the molecule is NCCCC[C@@H]1NC(=O)[C@@H]2C[C@H](NCc3cccs3)CN2C1=O. The summed E-state index contributed by atoms with van der Waals surface area (Å²) in [5.41, 5.74) is 5.49. The first-order valence-corrected chi connectivity index (χ1v) is 9.13. The molecule has 3 atom stereocenters. The maximum absolute atomic E-state index is 12.6. The first-order chi connectivity index (χ1) is 11.2. The van der Waals surface area contributed by atoms with Gasteiger partial charge in [-0.1, -0.05) is 6.07 Å². The summed E-state index contributed by atoms with van der Waals surface area (Å²) in [6, 6.07) is 3.61. The molecule has 6 nitrogen and oxygen atoms in total. The number of unbranched alkanes of at least 4 members (excludes halogenated alkanes) is 1. The molecule has 2 amide bonds. The van der Waals surface area contributed by atoms with E-state index in [2.05, 4.69) is 22.1 Å². The summed E-state index contributed by atoms with van der Waals surface area (Å²) in [5.74, 6) is 0.0508. The second-order valence-electron chi connectivity index (χ2n) is 6.24. The van der Waals surface area contributed by atoms with E-state index in [1.54, 1.807) is 16.2 Å². The van der Waals surface area contributed by atoms with Gasteiger partial charge in [0.2, 0.25) is 11.8 Å². The highest BCUT2D eigenvalue weighted by molar-refractivity contribution is 7.09. The van der Waals surface area contributed by atoms with Crippen molar-refractivity contribution in [3.8, 4) is 0 Å². The van der Waals surface area contributed by atoms with Crippen LogP contribution in [0, 0.1) is 0 Å². The third kappa shape index (κ3) is 3.73. The summed E-state index contributed by atoms with van der Waals surface area (Å²) in [7, 11) is 0. The second-order valence-corrected chi connectivity index (χ2v) is 7.28. The first kappa shape index (κ1) is 16.4. The molecule has 2 fully saturated rings. The van der Waals surface area contributed by atoms with Gasteiger partial charge in [0.25, 0.3) is 0 Å². The zero-order valence-corrected chi connectivity index (χ0v) is 14.0. The lowest BCUT2D eigenvalue weighted by Crippen LogP contribution is -2.61. The highest BCUT2D eigenvalue weighted by atomic mass is 32.1. The normalized spacial score (nSPS) is 27.2. The van der Waals surface area contributed by atoms with Gasteiger partial charge in [0.15, 0.2) is 0 Å². The number of rotatable bonds is 7. The van der Waals surface area contributed by atoms with Crippen LogP contribution in [0.1, 0.15) is 30.6 Å². The van der Waals surface area contributed by atoms with Gasteiger partial charge in [0, 0.05) is 24.0 Å². The molecule has 7 heteroatoms. The topological polar surface area (TPSA) is 87.5 Å². The third-order valence-corrected chi connectivity index (χ3v) is 5.47. The fourth-order valence-corrected chi connectivity index (χ4v) is 4.01. The van der Waals surface area contributed by atoms with Crippen molar-refractivity contribution >= 4 is 23.2 Å². The fourth-order valence-electron chi connectivity index (χ4n) is 3.35. The Morgan fingerprint density at radius 1 is 1.39 bits per heavy atom. The van der Waals surface area contributed by atoms with E-state index in [1.807, 2.05) is 6.07 Å². The molecular weight excluding hydrogens is 312 g/mol. The quantitative estimate of drug-likeness (QED) is 0.630. The van der Waals surface area contributed by atoms with Gasteiger partial charge < -0.3 is 21.3 Å². The molecule has 0 unspecified atom stereocenters. The number of nitrogens with one attached hydrogen (secondary N) is 2. The van der Waals surface area contributed by atoms with Crippen molar-refractivity contribution < 1.29 is 9.59 Å². The maximum Gasteiger partial charge on any atom is 0.245 e. The molecular formula is C16H24N4O2S. The Bertz CT molecular complexity index is 548. The fraction of sp³-hybridized carbons (Fsp3) is 0.625. The minimum absolute atomic E-state index is 0.0113. The summed E-state index contributed by atoms with van der Waals surface area (Å²) in [6.07, 6.45) is 3.12. The number of nitrogens with two attached hydrogens (primary N) is 1. The van der Waals surface area contributed by atoms with Gasteiger partial charge in [-0.25, -0.2) is 0 Å². The van der Waals surface area contributed by atoms with Crippen LogP contribution in [0.25, 0.3) is 0 Å². The lowest BCUT2D eigenvalue weighted by Gasteiger charge is -2.34. The molecule has 23 heavy (non-hydrogen) atoms. The van der Waals surface area contributed by atoms with Gasteiger partial charge in [0.05, 0.1) is 0 Å². The summed E-state index contributed by atoms with van der Waals surface area (Å²) in [6.45, 7) is 2.03. The number of nitrogens with zero attached hydrogens (tertiary/aromatic N) is 1. The molecule has 3 rings (SSSR count). The van der Waals surface area contributed by atoms with E-state index in [-0.39, 0.29) is 29.9 Å². The van der Waals surface area contributed by atoms with Crippen molar-refractivity contribution in [3.05, 3.63) is 22.4 Å².